The summed E-state index contributed by atoms with van der Waals surface area (Å²) >= 11 is 0. The molecule has 3 aromatic carbocycles. The summed E-state index contributed by atoms with van der Waals surface area (Å²) in [4.78, 5) is 12.8. The van der Waals surface area contributed by atoms with Crippen molar-refractivity contribution in [3.63, 3.8) is 0 Å². The van der Waals surface area contributed by atoms with E-state index in [1.807, 2.05) is 6.92 Å². The van der Waals surface area contributed by atoms with Crippen molar-refractivity contribution in [1.82, 2.24) is 0 Å². The Morgan fingerprint density at radius 1 is 1.00 bits per heavy atom. The highest BCUT2D eigenvalue weighted by Crippen LogP contribution is 2.25. The van der Waals surface area contributed by atoms with Gasteiger partial charge in [-0.2, -0.15) is 5.26 Å². The molecule has 0 heterocycles. The molecule has 0 unspecified atom stereocenters. The average molecular weight is 450 g/mol. The number of carbonyl (C=O) groups is 1. The number of rotatable bonds is 8. The molecule has 8 heteroatoms. The Balaban J connectivity index is 1.88. The highest BCUT2D eigenvalue weighted by molar-refractivity contribution is 7.92. The summed E-state index contributed by atoms with van der Waals surface area (Å²) in [6.45, 7) is 1.49. The Labute approximate surface area is 187 Å². The van der Waals surface area contributed by atoms with Gasteiger partial charge in [-0.1, -0.05) is 29.8 Å². The van der Waals surface area contributed by atoms with Gasteiger partial charge in [0.2, 0.25) is 5.91 Å². The number of nitrogens with one attached hydrogen (secondary N) is 1. The van der Waals surface area contributed by atoms with E-state index in [9.17, 15) is 13.2 Å². The van der Waals surface area contributed by atoms with Crippen LogP contribution in [0.5, 0.6) is 5.75 Å². The lowest BCUT2D eigenvalue weighted by molar-refractivity contribution is -0.114. The summed E-state index contributed by atoms with van der Waals surface area (Å²) < 4.78 is 33.0. The molecule has 0 fully saturated rings. The molecule has 0 aliphatic rings. The second kappa shape index (κ2) is 9.98. The largest absolute Gasteiger partial charge is 0.497 e. The fraction of sp³-hybridized carbons (Fsp3) is 0.167. The predicted octanol–water partition coefficient (Wildman–Crippen LogP) is 3.90. The molecule has 0 radical (unpaired) electrons. The number of ether oxygens (including phenoxy) is 1. The number of benzene rings is 3. The van der Waals surface area contributed by atoms with Gasteiger partial charge in [0.1, 0.15) is 12.3 Å². The lowest BCUT2D eigenvalue weighted by Crippen LogP contribution is -2.38. The summed E-state index contributed by atoms with van der Waals surface area (Å²) in [6.07, 6.45) is 0.273. The number of carbonyl (C=O) groups excluding carboxylic acids is 1. The number of aryl methyl sites for hydroxylation is 1. The SMILES string of the molecule is COc1ccc(S(=O)(=O)N(CC(=O)Nc2ccc(CC#N)cc2)c2ccc(C)cc2)cc1. The number of anilines is 2. The van der Waals surface area contributed by atoms with Gasteiger partial charge in [-0.25, -0.2) is 8.42 Å². The van der Waals surface area contributed by atoms with Crippen molar-refractivity contribution < 1.29 is 17.9 Å². The maximum Gasteiger partial charge on any atom is 0.264 e. The molecule has 0 saturated carbocycles. The topological polar surface area (TPSA) is 99.5 Å². The molecule has 3 aromatic rings. The van der Waals surface area contributed by atoms with Crippen LogP contribution >= 0.6 is 0 Å². The Hall–Kier alpha value is -3.83. The van der Waals surface area contributed by atoms with E-state index in [-0.39, 0.29) is 11.3 Å². The third-order valence-electron chi connectivity index (χ3n) is 4.78. The first kappa shape index (κ1) is 22.8. The van der Waals surface area contributed by atoms with Gasteiger partial charge >= 0.3 is 0 Å². The molecule has 1 N–H and O–H groups in total. The Morgan fingerprint density at radius 2 is 1.62 bits per heavy atom. The van der Waals surface area contributed by atoms with E-state index in [0.29, 0.717) is 17.1 Å². The molecule has 3 rings (SSSR count). The van der Waals surface area contributed by atoms with E-state index in [2.05, 4.69) is 11.4 Å². The van der Waals surface area contributed by atoms with Gasteiger partial charge in [-0.15, -0.1) is 0 Å². The van der Waals surface area contributed by atoms with Crippen molar-refractivity contribution in [1.29, 1.82) is 5.26 Å². The summed E-state index contributed by atoms with van der Waals surface area (Å²) in [5.41, 5.74) is 2.69. The van der Waals surface area contributed by atoms with Crippen LogP contribution in [0.15, 0.2) is 77.7 Å². The smallest absolute Gasteiger partial charge is 0.264 e. The fourth-order valence-electron chi connectivity index (χ4n) is 3.03. The molecular weight excluding hydrogens is 426 g/mol. The Kier molecular flexibility index (Phi) is 7.13. The van der Waals surface area contributed by atoms with Crippen LogP contribution in [0.3, 0.4) is 0 Å². The Bertz CT molecular complexity index is 1210. The van der Waals surface area contributed by atoms with Crippen LogP contribution in [-0.4, -0.2) is 28.0 Å². The van der Waals surface area contributed by atoms with Crippen molar-refractivity contribution >= 4 is 27.3 Å². The zero-order valence-corrected chi connectivity index (χ0v) is 18.6. The molecule has 1 amide bonds. The number of methoxy groups -OCH3 is 1. The molecule has 0 bridgehead atoms. The number of sulfonamides is 1. The van der Waals surface area contributed by atoms with E-state index in [4.69, 9.17) is 10.00 Å². The molecule has 32 heavy (non-hydrogen) atoms. The van der Waals surface area contributed by atoms with Crippen LogP contribution in [0.1, 0.15) is 11.1 Å². The molecular formula is C24H23N3O4S. The lowest BCUT2D eigenvalue weighted by Gasteiger charge is -2.24. The summed E-state index contributed by atoms with van der Waals surface area (Å²) in [6, 6.07) is 21.8. The minimum absolute atomic E-state index is 0.0486. The molecule has 0 aliphatic heterocycles. The highest BCUT2D eigenvalue weighted by atomic mass is 32.2. The molecule has 164 valence electrons. The maximum atomic E-state index is 13.4. The van der Waals surface area contributed by atoms with Gasteiger partial charge in [0.25, 0.3) is 10.0 Å². The third-order valence-corrected chi connectivity index (χ3v) is 6.57. The van der Waals surface area contributed by atoms with Crippen LogP contribution in [0, 0.1) is 18.3 Å². The van der Waals surface area contributed by atoms with E-state index >= 15 is 0 Å². The number of hydrogen-bond acceptors (Lipinski definition) is 5. The standard InChI is InChI=1S/C24H23N3O4S/c1-18-3-9-21(10-4-18)27(32(29,30)23-13-11-22(31-2)12-14-23)17-24(28)26-20-7-5-19(6-8-20)15-16-25/h3-14H,15,17H2,1-2H3,(H,26,28). The molecule has 0 atom stereocenters. The number of amides is 1. The first-order valence-electron chi connectivity index (χ1n) is 9.82. The number of nitriles is 1. The van der Waals surface area contributed by atoms with Gasteiger partial charge < -0.3 is 10.1 Å². The lowest BCUT2D eigenvalue weighted by atomic mass is 10.1. The minimum atomic E-state index is -4.01. The van der Waals surface area contributed by atoms with Gasteiger partial charge in [0.15, 0.2) is 0 Å². The maximum absolute atomic E-state index is 13.4. The van der Waals surface area contributed by atoms with Crippen molar-refractivity contribution in [2.45, 2.75) is 18.2 Å². The van der Waals surface area contributed by atoms with Crippen molar-refractivity contribution in [3.05, 3.63) is 83.9 Å². The molecule has 0 aromatic heterocycles. The first-order valence-corrected chi connectivity index (χ1v) is 11.3. The van der Waals surface area contributed by atoms with E-state index in [1.54, 1.807) is 60.7 Å². The quantitative estimate of drug-likeness (QED) is 0.562. The van der Waals surface area contributed by atoms with E-state index < -0.39 is 22.5 Å². The van der Waals surface area contributed by atoms with Crippen molar-refractivity contribution in [2.75, 3.05) is 23.3 Å². The van der Waals surface area contributed by atoms with E-state index in [0.717, 1.165) is 15.4 Å². The fourth-order valence-corrected chi connectivity index (χ4v) is 4.45. The van der Waals surface area contributed by atoms with Crippen molar-refractivity contribution in [2.24, 2.45) is 0 Å². The van der Waals surface area contributed by atoms with Gasteiger partial charge in [0, 0.05) is 5.69 Å². The summed E-state index contributed by atoms with van der Waals surface area (Å²) in [5.74, 6) is 0.0409. The second-order valence-corrected chi connectivity index (χ2v) is 8.97. The van der Waals surface area contributed by atoms with Crippen LogP contribution in [-0.2, 0) is 21.2 Å². The third kappa shape index (κ3) is 5.45. The number of hydrogen-bond donors (Lipinski definition) is 1. The summed E-state index contributed by atoms with van der Waals surface area (Å²) in [5, 5.41) is 11.5. The van der Waals surface area contributed by atoms with Crippen LogP contribution in [0.2, 0.25) is 0 Å². The van der Waals surface area contributed by atoms with Gasteiger partial charge in [0.05, 0.1) is 30.2 Å². The van der Waals surface area contributed by atoms with Crippen LogP contribution in [0.25, 0.3) is 0 Å². The Morgan fingerprint density at radius 3 is 2.19 bits per heavy atom. The van der Waals surface area contributed by atoms with Gasteiger partial charge in [-0.3, -0.25) is 9.10 Å². The normalized spacial score (nSPS) is 10.8. The molecule has 0 spiro atoms. The van der Waals surface area contributed by atoms with Gasteiger partial charge in [-0.05, 0) is 61.0 Å². The van der Waals surface area contributed by atoms with Crippen LogP contribution in [0.4, 0.5) is 11.4 Å². The molecule has 7 nitrogen and oxygen atoms in total. The molecule has 0 saturated heterocycles. The minimum Gasteiger partial charge on any atom is -0.497 e. The monoisotopic (exact) mass is 449 g/mol. The zero-order chi connectivity index (χ0) is 23.1. The highest BCUT2D eigenvalue weighted by Gasteiger charge is 2.27. The molecule has 0 aliphatic carbocycles. The zero-order valence-electron chi connectivity index (χ0n) is 17.8. The van der Waals surface area contributed by atoms with Crippen LogP contribution < -0.4 is 14.4 Å². The summed E-state index contributed by atoms with van der Waals surface area (Å²) in [7, 11) is -2.51. The van der Waals surface area contributed by atoms with Crippen molar-refractivity contribution in [3.8, 4) is 11.8 Å². The average Bonchev–Trinajstić information content (AvgIpc) is 2.79. The number of nitrogens with zero attached hydrogens (tertiary/aromatic N) is 2. The predicted molar refractivity (Wildman–Crippen MR) is 123 cm³/mol. The first-order chi connectivity index (χ1) is 15.3. The van der Waals surface area contributed by atoms with E-state index in [1.165, 1.54) is 19.2 Å². The second-order valence-electron chi connectivity index (χ2n) is 7.10.